The van der Waals surface area contributed by atoms with Crippen molar-refractivity contribution in [3.63, 3.8) is 0 Å². The van der Waals surface area contributed by atoms with E-state index in [1.54, 1.807) is 25.7 Å². The van der Waals surface area contributed by atoms with Crippen LogP contribution in [-0.2, 0) is 9.53 Å². The topological polar surface area (TPSA) is 82.4 Å². The second kappa shape index (κ2) is 14.4. The van der Waals surface area contributed by atoms with Gasteiger partial charge < -0.3 is 19.1 Å². The van der Waals surface area contributed by atoms with Crippen LogP contribution in [0, 0.1) is 6.92 Å². The zero-order valence-electron chi connectivity index (χ0n) is 28.4. The second-order valence-corrected chi connectivity index (χ2v) is 12.6. The third-order valence-corrected chi connectivity index (χ3v) is 9.52. The van der Waals surface area contributed by atoms with Crippen LogP contribution in [0.3, 0.4) is 0 Å². The number of aryl methyl sites for hydroxylation is 1. The number of benzene rings is 3. The Balaban J connectivity index is 1.84. The Kier molecular flexibility index (Phi) is 10.3. The molecule has 3 aromatic carbocycles. The van der Waals surface area contributed by atoms with E-state index in [4.69, 9.17) is 19.2 Å². The lowest BCUT2D eigenvalue weighted by molar-refractivity contribution is -0.138. The van der Waals surface area contributed by atoms with E-state index in [-0.39, 0.29) is 18.1 Å². The van der Waals surface area contributed by atoms with E-state index in [0.717, 1.165) is 52.3 Å². The largest absolute Gasteiger partial charge is 0.496 e. The molecule has 0 bridgehead atoms. The van der Waals surface area contributed by atoms with E-state index in [9.17, 15) is 9.59 Å². The number of carbonyl (C=O) groups excluding carboxylic acids is 1. The summed E-state index contributed by atoms with van der Waals surface area (Å²) >= 11 is 1.29. The molecule has 1 aliphatic rings. The summed E-state index contributed by atoms with van der Waals surface area (Å²) in [4.78, 5) is 36.2. The predicted molar refractivity (Wildman–Crippen MR) is 189 cm³/mol. The first-order chi connectivity index (χ1) is 22.7. The SMILES string of the molecule is CCOC(=O)C1=C(c2ccccc2)N=c2s/c(=C\c3ccc(N(CC)CC)cc3OC)c(=O)n2C1c1cc(C(C)C)c(OC)cc1C. The summed E-state index contributed by atoms with van der Waals surface area (Å²) in [5, 5.41) is 0. The highest BCUT2D eigenvalue weighted by Gasteiger charge is 2.36. The molecule has 4 aromatic rings. The molecule has 0 aliphatic carbocycles. The van der Waals surface area contributed by atoms with Gasteiger partial charge in [0, 0.05) is 36.0 Å². The molecule has 8 nitrogen and oxygen atoms in total. The van der Waals surface area contributed by atoms with Crippen LogP contribution >= 0.6 is 11.3 Å². The van der Waals surface area contributed by atoms with Crippen molar-refractivity contribution in [3.8, 4) is 11.5 Å². The minimum absolute atomic E-state index is 0.135. The van der Waals surface area contributed by atoms with Gasteiger partial charge in [0.25, 0.3) is 5.56 Å². The number of ether oxygens (including phenoxy) is 3. The maximum absolute atomic E-state index is 14.5. The van der Waals surface area contributed by atoms with E-state index in [0.29, 0.717) is 26.4 Å². The maximum atomic E-state index is 14.5. The quantitative estimate of drug-likeness (QED) is 0.179. The zero-order valence-corrected chi connectivity index (χ0v) is 29.2. The molecule has 1 aromatic heterocycles. The summed E-state index contributed by atoms with van der Waals surface area (Å²) in [6, 6.07) is 18.9. The Hall–Kier alpha value is -4.63. The van der Waals surface area contributed by atoms with Crippen molar-refractivity contribution in [3.05, 3.63) is 114 Å². The number of methoxy groups -OCH3 is 2. The first-order valence-electron chi connectivity index (χ1n) is 16.1. The molecule has 1 aliphatic heterocycles. The molecule has 0 spiro atoms. The number of nitrogens with zero attached hydrogens (tertiary/aromatic N) is 3. The molecule has 246 valence electrons. The van der Waals surface area contributed by atoms with Crippen LogP contribution in [0.4, 0.5) is 5.69 Å². The Morgan fingerprint density at radius 3 is 2.32 bits per heavy atom. The van der Waals surface area contributed by atoms with Gasteiger partial charge in [-0.3, -0.25) is 9.36 Å². The van der Waals surface area contributed by atoms with Crippen molar-refractivity contribution >= 4 is 34.8 Å². The number of rotatable bonds is 11. The number of thiazole rings is 1. The smallest absolute Gasteiger partial charge is 0.338 e. The summed E-state index contributed by atoms with van der Waals surface area (Å²) in [5.74, 6) is 1.06. The average molecular weight is 654 g/mol. The van der Waals surface area contributed by atoms with Gasteiger partial charge in [-0.1, -0.05) is 55.5 Å². The maximum Gasteiger partial charge on any atom is 0.338 e. The molecule has 9 heteroatoms. The average Bonchev–Trinajstić information content (AvgIpc) is 3.39. The fourth-order valence-electron chi connectivity index (χ4n) is 6.12. The highest BCUT2D eigenvalue weighted by molar-refractivity contribution is 7.07. The van der Waals surface area contributed by atoms with Crippen molar-refractivity contribution in [2.24, 2.45) is 4.99 Å². The lowest BCUT2D eigenvalue weighted by Gasteiger charge is -2.28. The number of hydrogen-bond acceptors (Lipinski definition) is 8. The number of carbonyl (C=O) groups is 1. The number of aromatic nitrogens is 1. The van der Waals surface area contributed by atoms with Gasteiger partial charge >= 0.3 is 5.97 Å². The van der Waals surface area contributed by atoms with Crippen molar-refractivity contribution in [1.82, 2.24) is 4.57 Å². The second-order valence-electron chi connectivity index (χ2n) is 11.6. The van der Waals surface area contributed by atoms with Crippen LogP contribution in [0.5, 0.6) is 11.5 Å². The molecular formula is C38H43N3O5S. The highest BCUT2D eigenvalue weighted by Crippen LogP contribution is 2.40. The lowest BCUT2D eigenvalue weighted by Crippen LogP contribution is -2.40. The lowest BCUT2D eigenvalue weighted by atomic mass is 9.87. The van der Waals surface area contributed by atoms with Crippen LogP contribution in [0.25, 0.3) is 11.8 Å². The van der Waals surface area contributed by atoms with Gasteiger partial charge in [0.1, 0.15) is 11.5 Å². The minimum atomic E-state index is -0.780. The third kappa shape index (κ3) is 6.49. The standard InChI is InChI=1S/C38H43N3O5S/c1-9-40(10-2)27-18-17-26(30(21-27)44-7)20-32-36(42)41-35(29-22-28(23(4)5)31(45-8)19-24(29)6)33(37(43)46-11-3)34(39-38(41)47-32)25-15-13-12-14-16-25/h12-23,35H,9-11H2,1-8H3/b32-20-. The van der Waals surface area contributed by atoms with Gasteiger partial charge in [-0.25, -0.2) is 9.79 Å². The number of esters is 1. The van der Waals surface area contributed by atoms with Crippen LogP contribution < -0.4 is 29.3 Å². The van der Waals surface area contributed by atoms with E-state index < -0.39 is 12.0 Å². The summed E-state index contributed by atoms with van der Waals surface area (Å²) in [6.45, 7) is 14.1. The van der Waals surface area contributed by atoms with Crippen LogP contribution in [0.15, 0.2) is 76.0 Å². The van der Waals surface area contributed by atoms with Crippen molar-refractivity contribution < 1.29 is 19.0 Å². The van der Waals surface area contributed by atoms with Gasteiger partial charge in [0.15, 0.2) is 4.80 Å². The third-order valence-electron chi connectivity index (χ3n) is 8.54. The van der Waals surface area contributed by atoms with E-state index in [2.05, 4.69) is 38.7 Å². The van der Waals surface area contributed by atoms with Crippen LogP contribution in [-0.4, -0.2) is 44.5 Å². The van der Waals surface area contributed by atoms with E-state index in [1.165, 1.54) is 11.3 Å². The molecule has 0 saturated carbocycles. The van der Waals surface area contributed by atoms with Crippen LogP contribution in [0.1, 0.15) is 74.4 Å². The summed E-state index contributed by atoms with van der Waals surface area (Å²) in [6.07, 6.45) is 1.85. The predicted octanol–water partition coefficient (Wildman–Crippen LogP) is 6.23. The molecule has 47 heavy (non-hydrogen) atoms. The van der Waals surface area contributed by atoms with Gasteiger partial charge in [0.05, 0.1) is 42.7 Å². The molecule has 0 radical (unpaired) electrons. The molecule has 0 amide bonds. The molecular weight excluding hydrogens is 611 g/mol. The van der Waals surface area contributed by atoms with E-state index >= 15 is 0 Å². The van der Waals surface area contributed by atoms with Gasteiger partial charge in [-0.2, -0.15) is 0 Å². The minimum Gasteiger partial charge on any atom is -0.496 e. The summed E-state index contributed by atoms with van der Waals surface area (Å²) in [7, 11) is 3.29. The zero-order chi connectivity index (χ0) is 33.8. The normalized spacial score (nSPS) is 14.6. The van der Waals surface area contributed by atoms with Crippen molar-refractivity contribution in [2.45, 2.75) is 53.5 Å². The first kappa shape index (κ1) is 33.7. The molecule has 1 atom stereocenters. The van der Waals surface area contributed by atoms with Crippen molar-refractivity contribution in [2.75, 3.05) is 38.8 Å². The van der Waals surface area contributed by atoms with E-state index in [1.807, 2.05) is 67.6 Å². The Labute approximate surface area is 280 Å². The first-order valence-corrected chi connectivity index (χ1v) is 16.9. The number of anilines is 1. The molecule has 0 fully saturated rings. The number of fused-ring (bicyclic) bond motifs is 1. The molecule has 0 N–H and O–H groups in total. The Bertz CT molecular complexity index is 1990. The molecule has 5 rings (SSSR count). The Morgan fingerprint density at radius 2 is 1.70 bits per heavy atom. The van der Waals surface area contributed by atoms with Crippen molar-refractivity contribution in [1.29, 1.82) is 0 Å². The Morgan fingerprint density at radius 1 is 1.00 bits per heavy atom. The summed E-state index contributed by atoms with van der Waals surface area (Å²) < 4.78 is 19.3. The molecule has 0 saturated heterocycles. The molecule has 2 heterocycles. The fourth-order valence-corrected chi connectivity index (χ4v) is 7.11. The monoisotopic (exact) mass is 653 g/mol. The fraction of sp³-hybridized carbons (Fsp3) is 0.342. The highest BCUT2D eigenvalue weighted by atomic mass is 32.1. The van der Waals surface area contributed by atoms with Gasteiger partial charge in [-0.05, 0) is 80.6 Å². The van der Waals surface area contributed by atoms with Gasteiger partial charge in [0.2, 0.25) is 0 Å². The van der Waals surface area contributed by atoms with Crippen LogP contribution in [0.2, 0.25) is 0 Å². The number of hydrogen-bond donors (Lipinski definition) is 0. The summed E-state index contributed by atoms with van der Waals surface area (Å²) in [5.41, 5.74) is 5.84. The van der Waals surface area contributed by atoms with Gasteiger partial charge in [-0.15, -0.1) is 0 Å². The molecule has 1 unspecified atom stereocenters.